The second kappa shape index (κ2) is 11.1. The Hall–Kier alpha value is -1.37. The van der Waals surface area contributed by atoms with Crippen molar-refractivity contribution in [3.8, 4) is 0 Å². The predicted octanol–water partition coefficient (Wildman–Crippen LogP) is -3.24. The van der Waals surface area contributed by atoms with Crippen molar-refractivity contribution in [2.45, 2.75) is 24.4 Å². The van der Waals surface area contributed by atoms with E-state index in [9.17, 15) is 4.79 Å². The van der Waals surface area contributed by atoms with Gasteiger partial charge in [0, 0.05) is 0 Å². The summed E-state index contributed by atoms with van der Waals surface area (Å²) in [6.07, 6.45) is -6.84. The molecule has 0 saturated carbocycles. The lowest BCUT2D eigenvalue weighted by atomic mass is 10.0. The number of carbonyl (C=O) groups is 1. The van der Waals surface area contributed by atoms with Gasteiger partial charge in [-0.15, -0.1) is 0 Å². The van der Waals surface area contributed by atoms with Crippen LogP contribution in [0.4, 0.5) is 0 Å². The van der Waals surface area contributed by atoms with Crippen molar-refractivity contribution in [2.24, 2.45) is 0 Å². The Morgan fingerprint density at radius 3 is 1.71 bits per heavy atom. The highest BCUT2D eigenvalue weighted by molar-refractivity contribution is 5.56. The molecule has 0 saturated heterocycles. The van der Waals surface area contributed by atoms with Gasteiger partial charge in [-0.3, -0.25) is 0 Å². The number of hydrogen-bond donors (Lipinski definition) is 6. The monoisotopic (exact) mass is 260 g/mol. The zero-order valence-electron chi connectivity index (χ0n) is 8.91. The van der Waals surface area contributed by atoms with E-state index < -0.39 is 36.1 Å². The van der Waals surface area contributed by atoms with Gasteiger partial charge in [0.2, 0.25) is 0 Å². The van der Waals surface area contributed by atoms with Crippen molar-refractivity contribution in [3.63, 3.8) is 0 Å². The molecule has 104 valence electrons. The highest BCUT2D eigenvalue weighted by atomic mass is 16.9. The van der Waals surface area contributed by atoms with E-state index in [0.29, 0.717) is 0 Å². The van der Waals surface area contributed by atoms with Gasteiger partial charge < -0.3 is 51.8 Å². The minimum atomic E-state index is -1.79. The molecule has 0 rings (SSSR count). The lowest BCUT2D eigenvalue weighted by Crippen LogP contribution is -2.46. The molecule has 0 fully saturated rings. The molecule has 0 bridgehead atoms. The van der Waals surface area contributed by atoms with Gasteiger partial charge in [0.25, 0.3) is 0 Å². The first-order chi connectivity index (χ1) is 7.27. The average Bonchev–Trinajstić information content (AvgIpc) is 2.24. The van der Waals surface area contributed by atoms with Crippen LogP contribution in [0.1, 0.15) is 0 Å². The molecule has 0 aliphatic carbocycles. The molecule has 9 N–H and O–H groups in total. The largest absolute Gasteiger partial charge is 0.394 e. The number of carbonyl (C=O) groups excluding carboxylic acids is 1. The van der Waals surface area contributed by atoms with E-state index in [1.807, 2.05) is 0 Å². The van der Waals surface area contributed by atoms with Crippen molar-refractivity contribution in [2.75, 3.05) is 6.61 Å². The van der Waals surface area contributed by atoms with E-state index in [1.165, 1.54) is 0 Å². The molecule has 0 aliphatic rings. The van der Waals surface area contributed by atoms with Crippen molar-refractivity contribution < 1.29 is 35.4 Å². The number of aliphatic hydroxyl groups is 5. The van der Waals surface area contributed by atoms with E-state index in [-0.39, 0.29) is 12.4 Å². The van der Waals surface area contributed by atoms with Crippen LogP contribution in [0.15, 0.2) is 0 Å². The van der Waals surface area contributed by atoms with Gasteiger partial charge in [-0.2, -0.15) is 0 Å². The Balaban J connectivity index is -0.000000340. The fourth-order valence-electron chi connectivity index (χ4n) is 0.618. The Morgan fingerprint density at radius 1 is 1.12 bits per heavy atom. The molecule has 0 heterocycles. The number of aldehydes is 1. The van der Waals surface area contributed by atoms with Gasteiger partial charge in [-0.1, -0.05) is 0 Å². The van der Waals surface area contributed by atoms with Crippen molar-refractivity contribution in [3.05, 3.63) is 15.3 Å². The maximum atomic E-state index is 9.90. The molecule has 17 heavy (non-hydrogen) atoms. The average molecular weight is 260 g/mol. The number of hydrogen-bond acceptors (Lipinski definition) is 9. The highest BCUT2D eigenvalue weighted by Gasteiger charge is 2.29. The van der Waals surface area contributed by atoms with Crippen LogP contribution in [-0.4, -0.2) is 67.9 Å². The standard InChI is InChI=1S/C6H12O6.NO3.H3N/c7-1-3(9)5(11)6(12)4(10)2-8;2-1(3)4;/h1,3-6,8-12H,2H2;;1H3/q;-1;/p+1/t3-,4+,5+,6+;;/m0../s1. The first-order valence-electron chi connectivity index (χ1n) is 3.87. The summed E-state index contributed by atoms with van der Waals surface area (Å²) in [7, 11) is 0. The van der Waals surface area contributed by atoms with Gasteiger partial charge in [0.1, 0.15) is 24.4 Å². The second-order valence-electron chi connectivity index (χ2n) is 2.58. The third-order valence-corrected chi connectivity index (χ3v) is 1.42. The SMILES string of the molecule is O=C[C@H](O)[C@@H](O)[C@H](O)[C@H](O)CO.O=[N+]([O-])[O-].[NH4+]. The van der Waals surface area contributed by atoms with Crippen LogP contribution in [0.25, 0.3) is 0 Å². The van der Waals surface area contributed by atoms with Crippen LogP contribution in [0.2, 0.25) is 0 Å². The zero-order chi connectivity index (χ0) is 13.3. The van der Waals surface area contributed by atoms with Crippen LogP contribution >= 0.6 is 0 Å². The van der Waals surface area contributed by atoms with E-state index in [2.05, 4.69) is 0 Å². The number of aliphatic hydroxyl groups excluding tert-OH is 5. The summed E-state index contributed by atoms with van der Waals surface area (Å²) in [6, 6.07) is 0. The molecular formula is C6H16N2O9. The van der Waals surface area contributed by atoms with E-state index >= 15 is 0 Å². The molecule has 0 spiro atoms. The fourth-order valence-corrected chi connectivity index (χ4v) is 0.618. The molecule has 0 radical (unpaired) electrons. The highest BCUT2D eigenvalue weighted by Crippen LogP contribution is 2.02. The molecule has 0 aromatic carbocycles. The molecule has 0 amide bonds. The molecule has 11 nitrogen and oxygen atoms in total. The number of quaternary nitrogens is 1. The lowest BCUT2D eigenvalue weighted by molar-refractivity contribution is -0.402. The second-order valence-corrected chi connectivity index (χ2v) is 2.58. The maximum absolute atomic E-state index is 9.90. The summed E-state index contributed by atoms with van der Waals surface area (Å²) in [4.78, 5) is 18.1. The molecule has 0 aromatic heterocycles. The first-order valence-corrected chi connectivity index (χ1v) is 3.87. The van der Waals surface area contributed by atoms with Crippen LogP contribution in [0.3, 0.4) is 0 Å². The van der Waals surface area contributed by atoms with Gasteiger partial charge in [0.15, 0.2) is 6.29 Å². The Labute approximate surface area is 95.2 Å². The van der Waals surface area contributed by atoms with Gasteiger partial charge in [-0.25, -0.2) is 0 Å². The molecular weight excluding hydrogens is 244 g/mol. The zero-order valence-corrected chi connectivity index (χ0v) is 8.91. The third-order valence-electron chi connectivity index (χ3n) is 1.42. The van der Waals surface area contributed by atoms with Crippen LogP contribution in [-0.2, 0) is 4.79 Å². The molecule has 0 unspecified atom stereocenters. The van der Waals surface area contributed by atoms with Crippen LogP contribution in [0, 0.1) is 15.3 Å². The molecule has 0 aromatic rings. The smallest absolute Gasteiger partial charge is 0.151 e. The van der Waals surface area contributed by atoms with E-state index in [0.717, 1.165) is 0 Å². The molecule has 11 heteroatoms. The van der Waals surface area contributed by atoms with Crippen LogP contribution < -0.4 is 6.15 Å². The quantitative estimate of drug-likeness (QED) is 0.166. The summed E-state index contributed by atoms with van der Waals surface area (Å²) in [6.45, 7) is -0.760. The molecule has 4 atom stereocenters. The molecule has 0 aliphatic heterocycles. The fraction of sp³-hybridized carbons (Fsp3) is 0.833. The van der Waals surface area contributed by atoms with Gasteiger partial charge in [0.05, 0.1) is 11.7 Å². The Kier molecular flexibility index (Phi) is 13.7. The van der Waals surface area contributed by atoms with Crippen LogP contribution in [0.5, 0.6) is 0 Å². The number of nitrogens with zero attached hydrogens (tertiary/aromatic N) is 1. The summed E-state index contributed by atoms with van der Waals surface area (Å²) in [5.41, 5.74) is 0. The first kappa shape index (κ1) is 21.0. The predicted molar refractivity (Wildman–Crippen MR) is 53.5 cm³/mol. The normalized spacial score (nSPS) is 16.3. The Bertz CT molecular complexity index is 210. The maximum Gasteiger partial charge on any atom is 0.151 e. The number of rotatable bonds is 5. The third kappa shape index (κ3) is 10.9. The summed E-state index contributed by atoms with van der Waals surface area (Å²) >= 11 is 0. The summed E-state index contributed by atoms with van der Waals surface area (Å²) in [5, 5.41) is 58.3. The van der Waals surface area contributed by atoms with Crippen molar-refractivity contribution in [1.82, 2.24) is 6.15 Å². The lowest BCUT2D eigenvalue weighted by Gasteiger charge is -2.22. The minimum absolute atomic E-state index is 0. The van der Waals surface area contributed by atoms with E-state index in [1.54, 1.807) is 0 Å². The summed E-state index contributed by atoms with van der Waals surface area (Å²) in [5.74, 6) is 0. The van der Waals surface area contributed by atoms with Crippen molar-refractivity contribution in [1.29, 1.82) is 0 Å². The van der Waals surface area contributed by atoms with Gasteiger partial charge in [-0.05, 0) is 0 Å². The van der Waals surface area contributed by atoms with E-state index in [4.69, 9.17) is 40.9 Å². The minimum Gasteiger partial charge on any atom is -0.394 e. The Morgan fingerprint density at radius 2 is 1.47 bits per heavy atom. The summed E-state index contributed by atoms with van der Waals surface area (Å²) < 4.78 is 0. The van der Waals surface area contributed by atoms with Gasteiger partial charge >= 0.3 is 0 Å². The topological polar surface area (TPSA) is 221 Å². The van der Waals surface area contributed by atoms with Crippen molar-refractivity contribution >= 4 is 6.29 Å².